The summed E-state index contributed by atoms with van der Waals surface area (Å²) >= 11 is 0. The van der Waals surface area contributed by atoms with Gasteiger partial charge in [-0.1, -0.05) is 12.1 Å². The summed E-state index contributed by atoms with van der Waals surface area (Å²) in [5.41, 5.74) is 3.93. The van der Waals surface area contributed by atoms with Crippen LogP contribution in [0.2, 0.25) is 0 Å². The summed E-state index contributed by atoms with van der Waals surface area (Å²) in [5, 5.41) is 24.4. The Morgan fingerprint density at radius 3 is 2.57 bits per heavy atom. The van der Waals surface area contributed by atoms with Crippen LogP contribution in [-0.4, -0.2) is 21.6 Å². The second kappa shape index (κ2) is 6.69. The third-order valence-corrected chi connectivity index (χ3v) is 3.27. The summed E-state index contributed by atoms with van der Waals surface area (Å²) in [6.07, 6.45) is 0. The maximum Gasteiger partial charge on any atom is 0.272 e. The number of aryl methyl sites for hydroxylation is 1. The number of nitrogens with one attached hydrogen (secondary N) is 1. The van der Waals surface area contributed by atoms with E-state index in [1.165, 1.54) is 24.3 Å². The van der Waals surface area contributed by atoms with Crippen molar-refractivity contribution in [1.29, 1.82) is 0 Å². The molecule has 0 heterocycles. The van der Waals surface area contributed by atoms with E-state index in [9.17, 15) is 20.0 Å². The molecule has 2 N–H and O–H groups in total. The van der Waals surface area contributed by atoms with Crippen LogP contribution in [0.5, 0.6) is 5.75 Å². The number of hydrazone groups is 1. The molecule has 0 bridgehead atoms. The van der Waals surface area contributed by atoms with E-state index in [1.54, 1.807) is 32.0 Å². The number of carbonyl (C=O) groups is 1. The van der Waals surface area contributed by atoms with Crippen LogP contribution >= 0.6 is 0 Å². The van der Waals surface area contributed by atoms with Gasteiger partial charge in [0.25, 0.3) is 11.6 Å². The maximum atomic E-state index is 12.0. The number of benzene rings is 2. The van der Waals surface area contributed by atoms with E-state index in [-0.39, 0.29) is 17.0 Å². The number of phenolic OH excluding ortho intramolecular Hbond substituents is 1. The van der Waals surface area contributed by atoms with Crippen molar-refractivity contribution in [2.45, 2.75) is 13.8 Å². The molecule has 23 heavy (non-hydrogen) atoms. The molecule has 7 heteroatoms. The van der Waals surface area contributed by atoms with Gasteiger partial charge in [-0.3, -0.25) is 14.9 Å². The lowest BCUT2D eigenvalue weighted by atomic mass is 10.1. The van der Waals surface area contributed by atoms with Gasteiger partial charge in [-0.05, 0) is 38.1 Å². The quantitative estimate of drug-likeness (QED) is 0.514. The first-order valence-corrected chi connectivity index (χ1v) is 6.78. The fourth-order valence-electron chi connectivity index (χ4n) is 2.04. The fourth-order valence-corrected chi connectivity index (χ4v) is 2.04. The second-order valence-electron chi connectivity index (χ2n) is 4.91. The van der Waals surface area contributed by atoms with Gasteiger partial charge in [0.05, 0.1) is 10.6 Å². The number of phenols is 1. The number of nitrogens with zero attached hydrogens (tertiary/aromatic N) is 2. The first kappa shape index (κ1) is 16.2. The fraction of sp³-hybridized carbons (Fsp3) is 0.125. The minimum Gasteiger partial charge on any atom is -0.507 e. The van der Waals surface area contributed by atoms with Crippen molar-refractivity contribution in [3.05, 3.63) is 69.3 Å². The molecule has 0 fully saturated rings. The van der Waals surface area contributed by atoms with Gasteiger partial charge in [0, 0.05) is 22.8 Å². The molecule has 0 saturated carbocycles. The largest absolute Gasteiger partial charge is 0.507 e. The van der Waals surface area contributed by atoms with E-state index >= 15 is 0 Å². The second-order valence-corrected chi connectivity index (χ2v) is 4.91. The molecular weight excluding hydrogens is 298 g/mol. The highest BCUT2D eigenvalue weighted by Crippen LogP contribution is 2.19. The topological polar surface area (TPSA) is 105 Å². The number of nitro benzene ring substituents is 1. The Bertz CT molecular complexity index is 800. The molecule has 0 saturated heterocycles. The van der Waals surface area contributed by atoms with Crippen LogP contribution in [0.25, 0.3) is 0 Å². The van der Waals surface area contributed by atoms with Gasteiger partial charge in [0.1, 0.15) is 5.75 Å². The summed E-state index contributed by atoms with van der Waals surface area (Å²) in [5.74, 6) is -0.424. The van der Waals surface area contributed by atoms with E-state index in [0.29, 0.717) is 16.8 Å². The van der Waals surface area contributed by atoms with Crippen molar-refractivity contribution in [2.75, 3.05) is 0 Å². The molecule has 2 aromatic carbocycles. The molecule has 0 aliphatic heterocycles. The normalized spacial score (nSPS) is 11.1. The zero-order valence-electron chi connectivity index (χ0n) is 12.6. The molecule has 7 nitrogen and oxygen atoms in total. The van der Waals surface area contributed by atoms with Gasteiger partial charge in [-0.2, -0.15) is 5.10 Å². The predicted octanol–water partition coefficient (Wildman–Crippen LogP) is 2.76. The van der Waals surface area contributed by atoms with E-state index in [4.69, 9.17) is 0 Å². The van der Waals surface area contributed by atoms with Crippen LogP contribution in [0.3, 0.4) is 0 Å². The van der Waals surface area contributed by atoms with Gasteiger partial charge in [0.2, 0.25) is 0 Å². The van der Waals surface area contributed by atoms with Crippen LogP contribution in [0.1, 0.15) is 28.4 Å². The molecule has 0 aliphatic rings. The van der Waals surface area contributed by atoms with Crippen molar-refractivity contribution >= 4 is 17.3 Å². The zero-order valence-corrected chi connectivity index (χ0v) is 12.6. The summed E-state index contributed by atoms with van der Waals surface area (Å²) in [6, 6.07) is 10.7. The summed E-state index contributed by atoms with van der Waals surface area (Å²) in [6.45, 7) is 3.21. The molecule has 0 atom stereocenters. The Balaban J connectivity index is 2.16. The van der Waals surface area contributed by atoms with Crippen molar-refractivity contribution in [1.82, 2.24) is 5.43 Å². The highest BCUT2D eigenvalue weighted by atomic mass is 16.6. The molecule has 0 radical (unpaired) electrons. The molecule has 0 unspecified atom stereocenters. The molecule has 118 valence electrons. The Hall–Kier alpha value is -3.22. The average Bonchev–Trinajstić information content (AvgIpc) is 2.52. The summed E-state index contributed by atoms with van der Waals surface area (Å²) < 4.78 is 0. The van der Waals surface area contributed by atoms with Crippen LogP contribution < -0.4 is 5.43 Å². The Kier molecular flexibility index (Phi) is 4.70. The molecule has 2 aromatic rings. The van der Waals surface area contributed by atoms with Gasteiger partial charge in [0.15, 0.2) is 0 Å². The van der Waals surface area contributed by atoms with Gasteiger partial charge in [-0.25, -0.2) is 5.43 Å². The van der Waals surface area contributed by atoms with Crippen LogP contribution in [0.4, 0.5) is 5.69 Å². The third-order valence-electron chi connectivity index (χ3n) is 3.27. The molecule has 1 amide bonds. The van der Waals surface area contributed by atoms with Gasteiger partial charge < -0.3 is 5.11 Å². The maximum absolute atomic E-state index is 12.0. The minimum atomic E-state index is -0.502. The van der Waals surface area contributed by atoms with E-state index < -0.39 is 10.8 Å². The minimum absolute atomic E-state index is 0.0459. The van der Waals surface area contributed by atoms with Crippen LogP contribution in [0, 0.1) is 17.0 Å². The Labute approximate surface area is 132 Å². The van der Waals surface area contributed by atoms with Crippen molar-refractivity contribution in [3.63, 3.8) is 0 Å². The lowest BCUT2D eigenvalue weighted by molar-refractivity contribution is -0.385. The standard InChI is InChI=1S/C16H15N3O4/c1-10-9-12(7-8-14(10)19(22)23)16(21)18-17-11(2)13-5-3-4-6-15(13)20/h3-9,20H,1-2H3,(H,18,21)/b17-11+. The van der Waals surface area contributed by atoms with Gasteiger partial charge >= 0.3 is 0 Å². The number of para-hydroxylation sites is 1. The monoisotopic (exact) mass is 313 g/mol. The average molecular weight is 313 g/mol. The van der Waals surface area contributed by atoms with Crippen LogP contribution in [-0.2, 0) is 0 Å². The highest BCUT2D eigenvalue weighted by Gasteiger charge is 2.13. The summed E-state index contributed by atoms with van der Waals surface area (Å²) in [7, 11) is 0. The van der Waals surface area contributed by atoms with Crippen molar-refractivity contribution in [2.24, 2.45) is 5.10 Å². The van der Waals surface area contributed by atoms with E-state index in [2.05, 4.69) is 10.5 Å². The molecule has 0 aliphatic carbocycles. The summed E-state index contributed by atoms with van der Waals surface area (Å²) in [4.78, 5) is 22.3. The number of hydrogen-bond donors (Lipinski definition) is 2. The number of aromatic hydroxyl groups is 1. The number of rotatable bonds is 4. The lowest BCUT2D eigenvalue weighted by Crippen LogP contribution is -2.19. The smallest absolute Gasteiger partial charge is 0.272 e. The lowest BCUT2D eigenvalue weighted by Gasteiger charge is -2.05. The Morgan fingerprint density at radius 2 is 1.96 bits per heavy atom. The zero-order chi connectivity index (χ0) is 17.0. The molecule has 0 aromatic heterocycles. The molecular formula is C16H15N3O4. The van der Waals surface area contributed by atoms with E-state index in [1.807, 2.05) is 0 Å². The van der Waals surface area contributed by atoms with Crippen molar-refractivity contribution < 1.29 is 14.8 Å². The number of carbonyl (C=O) groups excluding carboxylic acids is 1. The Morgan fingerprint density at radius 1 is 1.26 bits per heavy atom. The van der Waals surface area contributed by atoms with Crippen LogP contribution in [0.15, 0.2) is 47.6 Å². The molecule has 2 rings (SSSR count). The first-order chi connectivity index (χ1) is 10.9. The van der Waals surface area contributed by atoms with Gasteiger partial charge in [-0.15, -0.1) is 0 Å². The predicted molar refractivity (Wildman–Crippen MR) is 85.6 cm³/mol. The van der Waals surface area contributed by atoms with E-state index in [0.717, 1.165) is 0 Å². The third kappa shape index (κ3) is 3.70. The SMILES string of the molecule is C/C(=N\NC(=O)c1ccc([N+](=O)[O-])c(C)c1)c1ccccc1O. The highest BCUT2D eigenvalue weighted by molar-refractivity contribution is 6.02. The number of hydrogen-bond acceptors (Lipinski definition) is 5. The van der Waals surface area contributed by atoms with Crippen molar-refractivity contribution in [3.8, 4) is 5.75 Å². The molecule has 0 spiro atoms. The number of nitro groups is 1. The first-order valence-electron chi connectivity index (χ1n) is 6.78. The number of amides is 1.